The van der Waals surface area contributed by atoms with Crippen molar-refractivity contribution >= 4 is 54.3 Å². The summed E-state index contributed by atoms with van der Waals surface area (Å²) in [6.45, 7) is 0. The summed E-state index contributed by atoms with van der Waals surface area (Å²) in [5, 5.41) is 12.6. The minimum atomic E-state index is -2.36. The molecule has 9 heteroatoms. The smallest absolute Gasteiger partial charge is 0.292 e. The van der Waals surface area contributed by atoms with Crippen LogP contribution < -0.4 is 5.73 Å². The molecule has 8 radical (unpaired) electrons. The largest absolute Gasteiger partial charge is 0.482 e. The van der Waals surface area contributed by atoms with Crippen molar-refractivity contribution in [3.05, 3.63) is 0 Å². The summed E-state index contributed by atoms with van der Waals surface area (Å²) in [5.74, 6) is -1.58. The monoisotopic (exact) mass is 188 g/mol. The molecule has 0 aliphatic heterocycles. The zero-order valence-corrected chi connectivity index (χ0v) is 7.47. The Hall–Kier alpha value is -0.450. The van der Waals surface area contributed by atoms with Crippen molar-refractivity contribution in [2.75, 3.05) is 0 Å². The highest BCUT2D eigenvalue weighted by Gasteiger charge is 2.41. The molecule has 0 saturated carbocycles. The normalized spacial score (nSPS) is 12.3. The van der Waals surface area contributed by atoms with Gasteiger partial charge in [-0.25, -0.2) is 0 Å². The molecule has 0 atom stereocenters. The first-order valence-electron chi connectivity index (χ1n) is 3.03. The van der Waals surface area contributed by atoms with Gasteiger partial charge in [0.05, 0.1) is 31.4 Å². The van der Waals surface area contributed by atoms with E-state index in [1.165, 1.54) is 0 Å². The van der Waals surface area contributed by atoms with Crippen LogP contribution in [0.4, 0.5) is 0 Å². The lowest BCUT2D eigenvalue weighted by atomic mass is 9.37. The van der Waals surface area contributed by atoms with E-state index in [0.717, 1.165) is 0 Å². The van der Waals surface area contributed by atoms with E-state index in [2.05, 4.69) is 0 Å². The third-order valence-electron chi connectivity index (χ3n) is 1.28. The molecule has 0 saturated heterocycles. The van der Waals surface area contributed by atoms with E-state index in [4.69, 9.17) is 47.6 Å². The number of nitrogens with two attached hydrogens (primary N) is 1. The molecule has 4 nitrogen and oxygen atoms in total. The fraction of sp³-hybridized carbons (Fsp3) is 0.500. The summed E-state index contributed by atoms with van der Waals surface area (Å²) in [4.78, 5) is 10.5. The van der Waals surface area contributed by atoms with Crippen LogP contribution in [-0.2, 0) is 4.79 Å². The zero-order chi connectivity index (χ0) is 10.9. The number of aliphatic carboxylic acids is 1. The molecule has 4 N–H and O–H groups in total. The lowest BCUT2D eigenvalue weighted by Gasteiger charge is -2.39. The Kier molecular flexibility index (Phi) is 3.61. The van der Waals surface area contributed by atoms with Gasteiger partial charge in [0.15, 0.2) is 0 Å². The van der Waals surface area contributed by atoms with Gasteiger partial charge in [0, 0.05) is 0 Å². The highest BCUT2D eigenvalue weighted by molar-refractivity contribution is 8.16. The number of carboxylic acids is 1. The third kappa shape index (κ3) is 2.76. The maximum absolute atomic E-state index is 10.5. The number of carboxylic acid groups (broad SMARTS) is 1. The topological polar surface area (TPSA) is 87.2 Å². The second kappa shape index (κ2) is 3.74. The van der Waals surface area contributed by atoms with Crippen molar-refractivity contribution in [2.45, 2.75) is 9.76 Å². The van der Waals surface area contributed by atoms with E-state index in [1.54, 1.807) is 0 Å². The Morgan fingerprint density at radius 3 is 2.00 bits per heavy atom. The van der Waals surface area contributed by atoms with Crippen molar-refractivity contribution < 1.29 is 9.90 Å². The number of amidine groups is 1. The average molecular weight is 187 g/mol. The van der Waals surface area contributed by atoms with E-state index < -0.39 is 20.9 Å². The summed E-state index contributed by atoms with van der Waals surface area (Å²) < 4.78 is -2.04. The van der Waals surface area contributed by atoms with Gasteiger partial charge in [-0.1, -0.05) is 0 Å². The van der Waals surface area contributed by atoms with Gasteiger partial charge in [0.25, 0.3) is 5.97 Å². The van der Waals surface area contributed by atoms with E-state index in [-0.39, 0.29) is 0 Å². The first kappa shape index (κ1) is 12.5. The molecule has 0 aliphatic carbocycles. The number of thioether (sulfide) groups is 1. The lowest BCUT2D eigenvalue weighted by molar-refractivity contribution is -0.138. The highest BCUT2D eigenvalue weighted by atomic mass is 32.2. The first-order valence-corrected chi connectivity index (χ1v) is 3.85. The van der Waals surface area contributed by atoms with Gasteiger partial charge >= 0.3 is 0 Å². The van der Waals surface area contributed by atoms with Crippen LogP contribution in [0.15, 0.2) is 0 Å². The standard InChI is InChI=1S/C4H4B4N2O2S/c5-3(6,1(11)12)4(7,8)13-2(9)10/h(H3,9,10)(H,11,12). The lowest BCUT2D eigenvalue weighted by Crippen LogP contribution is -2.48. The molecule has 0 aromatic carbocycles. The summed E-state index contributed by atoms with van der Waals surface area (Å²) in [7, 11) is 20.9. The third-order valence-corrected chi connectivity index (χ3v) is 2.17. The quantitative estimate of drug-likeness (QED) is 0.275. The Labute approximate surface area is 85.5 Å². The number of hydrogen-bond acceptors (Lipinski definition) is 3. The van der Waals surface area contributed by atoms with Gasteiger partial charge in [0.1, 0.15) is 5.17 Å². The predicted octanol–water partition coefficient (Wildman–Crippen LogP) is -1.86. The minimum absolute atomic E-state index is 0.378. The van der Waals surface area contributed by atoms with Crippen LogP contribution >= 0.6 is 11.8 Å². The summed E-state index contributed by atoms with van der Waals surface area (Å²) in [6.07, 6.45) is 0. The maximum atomic E-state index is 10.5. The van der Waals surface area contributed by atoms with Gasteiger partial charge in [-0.2, -0.15) is 0 Å². The molecule has 0 amide bonds. The molecule has 0 aromatic heterocycles. The first-order chi connectivity index (χ1) is 5.61. The van der Waals surface area contributed by atoms with Crippen molar-refractivity contribution in [2.24, 2.45) is 5.73 Å². The molecular formula is C4H4B4N2O2S. The molecule has 0 aliphatic rings. The van der Waals surface area contributed by atoms with E-state index in [0.29, 0.717) is 11.8 Å². The molecule has 0 spiro atoms. The van der Waals surface area contributed by atoms with Crippen LogP contribution in [0.25, 0.3) is 0 Å². The van der Waals surface area contributed by atoms with Crippen molar-refractivity contribution in [3.63, 3.8) is 0 Å². The van der Waals surface area contributed by atoms with Crippen LogP contribution in [-0.4, -0.2) is 52.2 Å². The Morgan fingerprint density at radius 1 is 1.38 bits per heavy atom. The van der Waals surface area contributed by atoms with Gasteiger partial charge in [-0.3, -0.25) is 10.2 Å². The molecule has 0 rings (SSSR count). The van der Waals surface area contributed by atoms with Gasteiger partial charge in [-0.05, 0) is 9.76 Å². The molecule has 0 heterocycles. The fourth-order valence-electron chi connectivity index (χ4n) is 0.434. The molecule has 0 unspecified atom stereocenters. The second-order valence-electron chi connectivity index (χ2n) is 2.43. The van der Waals surface area contributed by atoms with Gasteiger partial charge in [-0.15, -0.1) is 11.8 Å². The number of nitrogens with one attached hydrogen (secondary N) is 1. The van der Waals surface area contributed by atoms with Crippen LogP contribution in [0.1, 0.15) is 0 Å². The minimum Gasteiger partial charge on any atom is -0.482 e. The maximum Gasteiger partial charge on any atom is 0.292 e. The van der Waals surface area contributed by atoms with Crippen LogP contribution in [0.5, 0.6) is 0 Å². The molecule has 0 fully saturated rings. The summed E-state index contributed by atoms with van der Waals surface area (Å²) in [5.41, 5.74) is 4.96. The molecule has 60 valence electrons. The molecular weight excluding hydrogens is 183 g/mol. The van der Waals surface area contributed by atoms with Crippen LogP contribution in [0.2, 0.25) is 5.21 Å². The average Bonchev–Trinajstić information content (AvgIpc) is 1.83. The predicted molar refractivity (Wildman–Crippen MR) is 55.6 cm³/mol. The van der Waals surface area contributed by atoms with Gasteiger partial charge < -0.3 is 10.8 Å². The fourth-order valence-corrected chi connectivity index (χ4v) is 1.05. The van der Waals surface area contributed by atoms with Gasteiger partial charge in [0.2, 0.25) is 0 Å². The molecule has 0 aromatic rings. The zero-order valence-electron chi connectivity index (χ0n) is 6.65. The number of rotatable bonds is 3. The second-order valence-corrected chi connectivity index (χ2v) is 3.75. The van der Waals surface area contributed by atoms with E-state index in [9.17, 15) is 4.79 Å². The van der Waals surface area contributed by atoms with E-state index in [1.807, 2.05) is 0 Å². The van der Waals surface area contributed by atoms with Crippen LogP contribution in [0.3, 0.4) is 0 Å². The molecule has 13 heavy (non-hydrogen) atoms. The number of hydrogen-bond donors (Lipinski definition) is 3. The molecule has 0 bridgehead atoms. The summed E-state index contributed by atoms with van der Waals surface area (Å²) >= 11 is 0.378. The van der Waals surface area contributed by atoms with Crippen LogP contribution in [0, 0.1) is 5.41 Å². The SMILES string of the molecule is [B]C([B])(SC(=N)N)C([B])([B])C(=O)O. The Morgan fingerprint density at radius 2 is 1.77 bits per heavy atom. The highest BCUT2D eigenvalue weighted by Crippen LogP contribution is 2.38. The van der Waals surface area contributed by atoms with Crippen molar-refractivity contribution in [1.29, 1.82) is 5.41 Å². The van der Waals surface area contributed by atoms with E-state index >= 15 is 0 Å². The Bertz CT molecular complexity index is 244. The van der Waals surface area contributed by atoms with Crippen molar-refractivity contribution in [1.82, 2.24) is 0 Å². The van der Waals surface area contributed by atoms with Crippen molar-refractivity contribution in [3.8, 4) is 0 Å². The number of carbonyl (C=O) groups is 1. The summed E-state index contributed by atoms with van der Waals surface area (Å²) in [6, 6.07) is 0. The Balaban J connectivity index is 4.80.